The van der Waals surface area contributed by atoms with Crippen molar-refractivity contribution in [1.82, 2.24) is 0 Å². The number of aliphatic hydroxyl groups is 1. The van der Waals surface area contributed by atoms with Gasteiger partial charge in [0, 0.05) is 16.8 Å². The average molecular weight is 461 g/mol. The molecule has 3 aromatic carbocycles. The molecule has 1 N–H and O–H groups in total. The number of anilines is 1. The van der Waals surface area contributed by atoms with Crippen LogP contribution in [0.5, 0.6) is 5.75 Å². The third kappa shape index (κ3) is 3.90. The summed E-state index contributed by atoms with van der Waals surface area (Å²) < 4.78 is 23.6. The zero-order valence-corrected chi connectivity index (χ0v) is 18.3. The average Bonchev–Trinajstić information content (AvgIpc) is 3.13. The largest absolute Gasteiger partial charge is 0.507 e. The van der Waals surface area contributed by atoms with E-state index in [2.05, 4.69) is 0 Å². The van der Waals surface area contributed by atoms with Gasteiger partial charge in [0.2, 0.25) is 0 Å². The molecule has 0 aromatic heterocycles. The number of Topliss-reactive ketones (excluding diaryl/α,β-unsaturated/α-hetero) is 1. The van der Waals surface area contributed by atoms with Gasteiger partial charge in [0.15, 0.2) is 0 Å². The summed E-state index contributed by atoms with van der Waals surface area (Å²) in [4.78, 5) is 39.4. The van der Waals surface area contributed by atoms with E-state index >= 15 is 0 Å². The van der Waals surface area contributed by atoms with Gasteiger partial charge in [-0.15, -0.1) is 0 Å². The number of methoxy groups -OCH3 is 2. The zero-order valence-electron chi connectivity index (χ0n) is 18.3. The Kier molecular flexibility index (Phi) is 6.14. The maximum atomic E-state index is 13.4. The van der Waals surface area contributed by atoms with Crippen LogP contribution in [-0.4, -0.2) is 37.0 Å². The summed E-state index contributed by atoms with van der Waals surface area (Å²) in [6.07, 6.45) is 0. The van der Waals surface area contributed by atoms with E-state index in [0.29, 0.717) is 17.0 Å². The number of hydrogen-bond acceptors (Lipinski definition) is 6. The number of nitrogens with zero attached hydrogens (tertiary/aromatic N) is 1. The molecule has 0 bridgehead atoms. The lowest BCUT2D eigenvalue weighted by atomic mass is 9.94. The number of rotatable bonds is 5. The predicted octanol–water partition coefficient (Wildman–Crippen LogP) is 4.25. The van der Waals surface area contributed by atoms with Crippen molar-refractivity contribution in [2.45, 2.75) is 6.04 Å². The van der Waals surface area contributed by atoms with Crippen molar-refractivity contribution in [2.75, 3.05) is 19.1 Å². The van der Waals surface area contributed by atoms with E-state index < -0.39 is 35.3 Å². The van der Waals surface area contributed by atoms with Gasteiger partial charge in [-0.3, -0.25) is 14.5 Å². The van der Waals surface area contributed by atoms with Crippen LogP contribution in [0.2, 0.25) is 0 Å². The maximum absolute atomic E-state index is 13.4. The molecular weight excluding hydrogens is 441 g/mol. The topological polar surface area (TPSA) is 93.1 Å². The monoisotopic (exact) mass is 461 g/mol. The summed E-state index contributed by atoms with van der Waals surface area (Å²) in [6.45, 7) is 0. The van der Waals surface area contributed by atoms with Crippen molar-refractivity contribution < 1.29 is 33.4 Å². The fourth-order valence-corrected chi connectivity index (χ4v) is 3.92. The number of para-hydroxylation sites is 1. The van der Waals surface area contributed by atoms with Crippen LogP contribution in [0.4, 0.5) is 10.1 Å². The SMILES string of the molecule is COC(=O)c1ccc(N2C(=O)C(=O)/C(=C(/O)c3ccc(F)cc3)C2c2ccccc2OC)cc1. The Hall–Kier alpha value is -4.46. The number of halogens is 1. The Balaban J connectivity index is 1.93. The Morgan fingerprint density at radius 2 is 1.53 bits per heavy atom. The fraction of sp³-hybridized carbons (Fsp3) is 0.115. The van der Waals surface area contributed by atoms with Crippen LogP contribution in [0.15, 0.2) is 78.4 Å². The molecule has 0 aliphatic carbocycles. The van der Waals surface area contributed by atoms with E-state index in [1.807, 2.05) is 0 Å². The summed E-state index contributed by atoms with van der Waals surface area (Å²) in [5.41, 5.74) is 1.07. The highest BCUT2D eigenvalue weighted by Crippen LogP contribution is 2.44. The van der Waals surface area contributed by atoms with Crippen LogP contribution >= 0.6 is 0 Å². The number of aliphatic hydroxyl groups excluding tert-OH is 1. The van der Waals surface area contributed by atoms with Gasteiger partial charge in [0.1, 0.15) is 17.3 Å². The van der Waals surface area contributed by atoms with Gasteiger partial charge in [0.05, 0.1) is 31.4 Å². The summed E-state index contributed by atoms with van der Waals surface area (Å²) in [5, 5.41) is 11.1. The van der Waals surface area contributed by atoms with E-state index in [4.69, 9.17) is 9.47 Å². The molecule has 4 rings (SSSR count). The summed E-state index contributed by atoms with van der Waals surface area (Å²) in [7, 11) is 2.71. The van der Waals surface area contributed by atoms with E-state index in [-0.39, 0.29) is 16.7 Å². The number of carbonyl (C=O) groups is 3. The molecule has 0 saturated carbocycles. The number of ether oxygens (including phenoxy) is 2. The molecule has 0 radical (unpaired) electrons. The van der Waals surface area contributed by atoms with Crippen LogP contribution in [0, 0.1) is 5.82 Å². The highest BCUT2D eigenvalue weighted by molar-refractivity contribution is 6.51. The zero-order chi connectivity index (χ0) is 24.4. The lowest BCUT2D eigenvalue weighted by molar-refractivity contribution is -0.132. The Morgan fingerprint density at radius 3 is 2.15 bits per heavy atom. The van der Waals surface area contributed by atoms with Gasteiger partial charge in [-0.2, -0.15) is 0 Å². The molecule has 8 heteroatoms. The van der Waals surface area contributed by atoms with Crippen LogP contribution in [0.3, 0.4) is 0 Å². The van der Waals surface area contributed by atoms with Crippen molar-refractivity contribution in [3.05, 3.63) is 101 Å². The number of amides is 1. The molecule has 34 heavy (non-hydrogen) atoms. The number of hydrogen-bond donors (Lipinski definition) is 1. The van der Waals surface area contributed by atoms with Gasteiger partial charge < -0.3 is 14.6 Å². The molecule has 3 aromatic rings. The molecule has 172 valence electrons. The Labute approximate surface area is 194 Å². The second kappa shape index (κ2) is 9.19. The van der Waals surface area contributed by atoms with Crippen LogP contribution in [-0.2, 0) is 14.3 Å². The molecule has 1 aliphatic heterocycles. The molecular formula is C26H20FNO6. The van der Waals surface area contributed by atoms with Crippen LogP contribution in [0.1, 0.15) is 27.5 Å². The van der Waals surface area contributed by atoms with Crippen molar-refractivity contribution in [1.29, 1.82) is 0 Å². The normalized spacial score (nSPS) is 17.0. The molecule has 1 heterocycles. The molecule has 7 nitrogen and oxygen atoms in total. The van der Waals surface area contributed by atoms with Gasteiger partial charge in [-0.1, -0.05) is 18.2 Å². The van der Waals surface area contributed by atoms with Gasteiger partial charge >= 0.3 is 5.97 Å². The Morgan fingerprint density at radius 1 is 0.912 bits per heavy atom. The third-order valence-electron chi connectivity index (χ3n) is 5.56. The summed E-state index contributed by atoms with van der Waals surface area (Å²) >= 11 is 0. The minimum Gasteiger partial charge on any atom is -0.507 e. The fourth-order valence-electron chi connectivity index (χ4n) is 3.92. The molecule has 1 aliphatic rings. The van der Waals surface area contributed by atoms with Gasteiger partial charge in [-0.05, 0) is 54.6 Å². The van der Waals surface area contributed by atoms with Gasteiger partial charge in [-0.25, -0.2) is 9.18 Å². The third-order valence-corrected chi connectivity index (χ3v) is 5.56. The number of ketones is 1. The van der Waals surface area contributed by atoms with Crippen LogP contribution in [0.25, 0.3) is 5.76 Å². The van der Waals surface area contributed by atoms with Crippen molar-refractivity contribution in [3.63, 3.8) is 0 Å². The number of benzene rings is 3. The van der Waals surface area contributed by atoms with E-state index in [1.165, 1.54) is 55.5 Å². The molecule has 1 unspecified atom stereocenters. The van der Waals surface area contributed by atoms with Crippen molar-refractivity contribution in [3.8, 4) is 5.75 Å². The first-order valence-electron chi connectivity index (χ1n) is 10.3. The highest BCUT2D eigenvalue weighted by Gasteiger charge is 2.47. The second-order valence-corrected chi connectivity index (χ2v) is 7.46. The molecule has 1 saturated heterocycles. The standard InChI is InChI=1S/C26H20FNO6/c1-33-20-6-4-3-5-19(20)22-21(23(29)15-7-11-17(27)12-8-15)24(30)25(31)28(22)18-13-9-16(10-14-18)26(32)34-2/h3-14,22,29H,1-2H3/b23-21+. The predicted molar refractivity (Wildman–Crippen MR) is 122 cm³/mol. The number of esters is 1. The lowest BCUT2D eigenvalue weighted by Gasteiger charge is -2.26. The first-order valence-corrected chi connectivity index (χ1v) is 10.3. The summed E-state index contributed by atoms with van der Waals surface area (Å²) in [5.74, 6) is -2.88. The second-order valence-electron chi connectivity index (χ2n) is 7.46. The number of carbonyl (C=O) groups excluding carboxylic acids is 3. The summed E-state index contributed by atoms with van der Waals surface area (Å²) in [6, 6.07) is 16.7. The molecule has 1 fully saturated rings. The van der Waals surface area contributed by atoms with E-state index in [0.717, 1.165) is 12.1 Å². The smallest absolute Gasteiger partial charge is 0.337 e. The maximum Gasteiger partial charge on any atom is 0.337 e. The molecule has 1 atom stereocenters. The first kappa shape index (κ1) is 22.7. The highest BCUT2D eigenvalue weighted by atomic mass is 19.1. The van der Waals surface area contributed by atoms with Crippen LogP contribution < -0.4 is 9.64 Å². The van der Waals surface area contributed by atoms with E-state index in [1.54, 1.807) is 24.3 Å². The first-order chi connectivity index (χ1) is 16.4. The Bertz CT molecular complexity index is 1300. The van der Waals surface area contributed by atoms with Crippen molar-refractivity contribution in [2.24, 2.45) is 0 Å². The van der Waals surface area contributed by atoms with Gasteiger partial charge in [0.25, 0.3) is 11.7 Å². The molecule has 0 spiro atoms. The quantitative estimate of drug-likeness (QED) is 0.264. The minimum atomic E-state index is -1.04. The molecule has 1 amide bonds. The lowest BCUT2D eigenvalue weighted by Crippen LogP contribution is -2.29. The van der Waals surface area contributed by atoms with Crippen molar-refractivity contribution >= 4 is 29.1 Å². The van der Waals surface area contributed by atoms with E-state index in [9.17, 15) is 23.9 Å². The minimum absolute atomic E-state index is 0.168.